The third-order valence-electron chi connectivity index (χ3n) is 1.98. The minimum Gasteiger partial charge on any atom is -0.462 e. The summed E-state index contributed by atoms with van der Waals surface area (Å²) in [6.45, 7) is 0.114. The SMILES string of the molecule is O=C1OCC(O)C1Sc1ccccc1. The first kappa shape index (κ1) is 9.55. The fourth-order valence-electron chi connectivity index (χ4n) is 1.27. The van der Waals surface area contributed by atoms with Gasteiger partial charge in [-0.05, 0) is 12.1 Å². The van der Waals surface area contributed by atoms with E-state index in [2.05, 4.69) is 0 Å². The highest BCUT2D eigenvalue weighted by Crippen LogP contribution is 2.29. The highest BCUT2D eigenvalue weighted by molar-refractivity contribution is 8.00. The van der Waals surface area contributed by atoms with Gasteiger partial charge >= 0.3 is 5.97 Å². The standard InChI is InChI=1S/C10H10O3S/c11-8-6-13-10(12)9(8)14-7-4-2-1-3-5-7/h1-5,8-9,11H,6H2. The number of carbonyl (C=O) groups is 1. The normalized spacial score (nSPS) is 26.2. The molecule has 74 valence electrons. The largest absolute Gasteiger partial charge is 0.462 e. The summed E-state index contributed by atoms with van der Waals surface area (Å²) in [4.78, 5) is 12.2. The van der Waals surface area contributed by atoms with Crippen molar-refractivity contribution in [1.29, 1.82) is 0 Å². The van der Waals surface area contributed by atoms with E-state index in [9.17, 15) is 9.90 Å². The number of aliphatic hydroxyl groups excluding tert-OH is 1. The molecule has 0 radical (unpaired) electrons. The van der Waals surface area contributed by atoms with Crippen molar-refractivity contribution in [3.8, 4) is 0 Å². The first-order valence-corrected chi connectivity index (χ1v) is 5.22. The van der Waals surface area contributed by atoms with Crippen molar-refractivity contribution in [1.82, 2.24) is 0 Å². The number of cyclic esters (lactones) is 1. The Morgan fingerprint density at radius 1 is 1.36 bits per heavy atom. The van der Waals surface area contributed by atoms with Crippen molar-refractivity contribution in [2.45, 2.75) is 16.2 Å². The van der Waals surface area contributed by atoms with Gasteiger partial charge < -0.3 is 9.84 Å². The second-order valence-electron chi connectivity index (χ2n) is 3.05. The van der Waals surface area contributed by atoms with Gasteiger partial charge in [0.05, 0.1) is 0 Å². The molecule has 1 N–H and O–H groups in total. The zero-order chi connectivity index (χ0) is 9.97. The van der Waals surface area contributed by atoms with Crippen LogP contribution in [0.5, 0.6) is 0 Å². The number of benzene rings is 1. The van der Waals surface area contributed by atoms with Crippen LogP contribution in [-0.2, 0) is 9.53 Å². The van der Waals surface area contributed by atoms with E-state index in [1.54, 1.807) is 0 Å². The van der Waals surface area contributed by atoms with E-state index < -0.39 is 11.4 Å². The number of hydrogen-bond acceptors (Lipinski definition) is 4. The lowest BCUT2D eigenvalue weighted by molar-refractivity contribution is -0.137. The van der Waals surface area contributed by atoms with Gasteiger partial charge in [-0.2, -0.15) is 0 Å². The minimum atomic E-state index is -0.687. The monoisotopic (exact) mass is 210 g/mol. The van der Waals surface area contributed by atoms with Crippen LogP contribution in [0.2, 0.25) is 0 Å². The molecular formula is C10H10O3S. The van der Waals surface area contributed by atoms with Crippen LogP contribution < -0.4 is 0 Å². The molecule has 1 aromatic rings. The van der Waals surface area contributed by atoms with Gasteiger partial charge in [-0.1, -0.05) is 18.2 Å². The summed E-state index contributed by atoms with van der Waals surface area (Å²) < 4.78 is 4.74. The lowest BCUT2D eigenvalue weighted by atomic mass is 10.3. The molecule has 0 saturated carbocycles. The summed E-state index contributed by atoms with van der Waals surface area (Å²) in [7, 11) is 0. The van der Waals surface area contributed by atoms with Crippen molar-refractivity contribution < 1.29 is 14.6 Å². The van der Waals surface area contributed by atoms with Crippen molar-refractivity contribution in [2.75, 3.05) is 6.61 Å². The average Bonchev–Trinajstić information content (AvgIpc) is 2.51. The van der Waals surface area contributed by atoms with Crippen LogP contribution in [0.1, 0.15) is 0 Å². The molecule has 0 bridgehead atoms. The van der Waals surface area contributed by atoms with Gasteiger partial charge in [0, 0.05) is 4.90 Å². The number of ether oxygens (including phenoxy) is 1. The summed E-state index contributed by atoms with van der Waals surface area (Å²) in [5.74, 6) is -0.327. The molecule has 3 nitrogen and oxygen atoms in total. The van der Waals surface area contributed by atoms with Gasteiger partial charge in [-0.25, -0.2) is 0 Å². The molecule has 4 heteroatoms. The fourth-order valence-corrected chi connectivity index (χ4v) is 2.27. The Morgan fingerprint density at radius 3 is 2.64 bits per heavy atom. The molecule has 1 saturated heterocycles. The predicted molar refractivity (Wildman–Crippen MR) is 53.1 cm³/mol. The van der Waals surface area contributed by atoms with E-state index in [0.717, 1.165) is 4.90 Å². The third kappa shape index (κ3) is 1.91. The molecule has 1 fully saturated rings. The molecule has 1 aliphatic heterocycles. The van der Waals surface area contributed by atoms with Crippen LogP contribution in [0.3, 0.4) is 0 Å². The lowest BCUT2D eigenvalue weighted by Crippen LogP contribution is -2.22. The highest BCUT2D eigenvalue weighted by Gasteiger charge is 2.36. The van der Waals surface area contributed by atoms with Crippen molar-refractivity contribution in [2.24, 2.45) is 0 Å². The third-order valence-corrected chi connectivity index (χ3v) is 3.29. The van der Waals surface area contributed by atoms with E-state index in [4.69, 9.17) is 4.74 Å². The molecule has 0 aromatic heterocycles. The van der Waals surface area contributed by atoms with Crippen LogP contribution >= 0.6 is 11.8 Å². The number of rotatable bonds is 2. The maximum atomic E-state index is 11.2. The van der Waals surface area contributed by atoms with Gasteiger partial charge in [0.2, 0.25) is 0 Å². The van der Waals surface area contributed by atoms with Crippen LogP contribution in [-0.4, -0.2) is 29.0 Å². The number of esters is 1. The van der Waals surface area contributed by atoms with Crippen LogP contribution in [0.25, 0.3) is 0 Å². The quantitative estimate of drug-likeness (QED) is 0.742. The summed E-state index contributed by atoms with van der Waals surface area (Å²) in [6, 6.07) is 9.52. The fraction of sp³-hybridized carbons (Fsp3) is 0.300. The zero-order valence-electron chi connectivity index (χ0n) is 7.42. The number of thioether (sulfide) groups is 1. The molecular weight excluding hydrogens is 200 g/mol. The number of aliphatic hydroxyl groups is 1. The summed E-state index contributed by atoms with van der Waals surface area (Å²) >= 11 is 1.34. The van der Waals surface area contributed by atoms with Gasteiger partial charge in [0.15, 0.2) is 0 Å². The Morgan fingerprint density at radius 2 is 2.07 bits per heavy atom. The van der Waals surface area contributed by atoms with E-state index in [1.165, 1.54) is 11.8 Å². The Bertz CT molecular complexity index is 325. The Hall–Kier alpha value is -1.00. The maximum absolute atomic E-state index is 11.2. The Kier molecular flexibility index (Phi) is 2.74. The molecule has 2 atom stereocenters. The average molecular weight is 210 g/mol. The van der Waals surface area contributed by atoms with Crippen molar-refractivity contribution in [3.63, 3.8) is 0 Å². The van der Waals surface area contributed by atoms with E-state index in [0.29, 0.717) is 0 Å². The van der Waals surface area contributed by atoms with Crippen LogP contribution in [0.15, 0.2) is 35.2 Å². The van der Waals surface area contributed by atoms with Gasteiger partial charge in [-0.15, -0.1) is 11.8 Å². The number of hydrogen-bond donors (Lipinski definition) is 1. The van der Waals surface area contributed by atoms with Crippen molar-refractivity contribution >= 4 is 17.7 Å². The van der Waals surface area contributed by atoms with Crippen LogP contribution in [0, 0.1) is 0 Å². The first-order chi connectivity index (χ1) is 6.77. The second kappa shape index (κ2) is 4.02. The molecule has 0 spiro atoms. The highest BCUT2D eigenvalue weighted by atomic mass is 32.2. The van der Waals surface area contributed by atoms with E-state index in [1.807, 2.05) is 30.3 Å². The summed E-state index contributed by atoms with van der Waals surface area (Å²) in [5, 5.41) is 8.98. The van der Waals surface area contributed by atoms with Gasteiger partial charge in [0.1, 0.15) is 18.0 Å². The molecule has 1 aromatic carbocycles. The molecule has 14 heavy (non-hydrogen) atoms. The molecule has 1 aliphatic rings. The van der Waals surface area contributed by atoms with E-state index in [-0.39, 0.29) is 12.6 Å². The van der Waals surface area contributed by atoms with E-state index >= 15 is 0 Å². The first-order valence-electron chi connectivity index (χ1n) is 4.34. The topological polar surface area (TPSA) is 46.5 Å². The predicted octanol–water partition coefficient (Wildman–Crippen LogP) is 1.06. The minimum absolute atomic E-state index is 0.114. The maximum Gasteiger partial charge on any atom is 0.322 e. The molecule has 1 heterocycles. The zero-order valence-corrected chi connectivity index (χ0v) is 8.24. The molecule has 2 rings (SSSR count). The second-order valence-corrected chi connectivity index (χ2v) is 4.26. The molecule has 0 amide bonds. The lowest BCUT2D eigenvalue weighted by Gasteiger charge is -2.08. The van der Waals surface area contributed by atoms with Gasteiger partial charge in [0.25, 0.3) is 0 Å². The van der Waals surface area contributed by atoms with Crippen molar-refractivity contribution in [3.05, 3.63) is 30.3 Å². The summed E-state index contributed by atoms with van der Waals surface area (Å²) in [5.41, 5.74) is 0. The molecule has 2 unspecified atom stereocenters. The van der Waals surface area contributed by atoms with Crippen LogP contribution in [0.4, 0.5) is 0 Å². The Balaban J connectivity index is 2.07. The Labute approximate surface area is 86.1 Å². The van der Waals surface area contributed by atoms with Gasteiger partial charge in [-0.3, -0.25) is 4.79 Å². The smallest absolute Gasteiger partial charge is 0.322 e. The summed E-state index contributed by atoms with van der Waals surface area (Å²) in [6.07, 6.45) is -0.687. The number of carbonyl (C=O) groups excluding carboxylic acids is 1. The molecule has 0 aliphatic carbocycles.